The number of ether oxygens (including phenoxy) is 1. The maximum atomic E-state index is 11.8. The summed E-state index contributed by atoms with van der Waals surface area (Å²) in [6.45, 7) is 0.836. The number of hydrogen-bond donors (Lipinski definition) is 1. The molecular formula is C14H13ClN2O2. The van der Waals surface area contributed by atoms with E-state index >= 15 is 0 Å². The average molecular weight is 277 g/mol. The summed E-state index contributed by atoms with van der Waals surface area (Å²) in [7, 11) is 0. The molecule has 0 saturated heterocycles. The van der Waals surface area contributed by atoms with Crippen molar-refractivity contribution in [1.29, 1.82) is 0 Å². The molecule has 2 aromatic rings. The second-order valence-electron chi connectivity index (χ2n) is 3.78. The molecule has 98 valence electrons. The van der Waals surface area contributed by atoms with Gasteiger partial charge in [0, 0.05) is 11.8 Å². The minimum absolute atomic E-state index is 0.194. The molecule has 0 bridgehead atoms. The van der Waals surface area contributed by atoms with Gasteiger partial charge < -0.3 is 10.1 Å². The van der Waals surface area contributed by atoms with Crippen LogP contribution in [0.3, 0.4) is 0 Å². The first-order valence-electron chi connectivity index (χ1n) is 5.83. The Labute approximate surface area is 116 Å². The molecular weight excluding hydrogens is 264 g/mol. The molecule has 0 atom stereocenters. The molecule has 0 radical (unpaired) electrons. The van der Waals surface area contributed by atoms with E-state index in [1.54, 1.807) is 6.07 Å². The van der Waals surface area contributed by atoms with Crippen molar-refractivity contribution in [2.24, 2.45) is 0 Å². The molecule has 2 rings (SSSR count). The van der Waals surface area contributed by atoms with Gasteiger partial charge in [-0.2, -0.15) is 0 Å². The number of benzene rings is 1. The van der Waals surface area contributed by atoms with Crippen molar-refractivity contribution in [3.8, 4) is 5.75 Å². The first-order valence-corrected chi connectivity index (χ1v) is 6.21. The number of halogens is 1. The highest BCUT2D eigenvalue weighted by molar-refractivity contribution is 6.29. The molecule has 0 saturated carbocycles. The second-order valence-corrected chi connectivity index (χ2v) is 4.17. The molecule has 1 N–H and O–H groups in total. The zero-order valence-corrected chi connectivity index (χ0v) is 10.9. The molecule has 1 heterocycles. The fraction of sp³-hybridized carbons (Fsp3) is 0.143. The molecule has 0 unspecified atom stereocenters. The lowest BCUT2D eigenvalue weighted by atomic mass is 10.2. The standard InChI is InChI=1S/C14H13ClN2O2/c15-13-10-11(6-7-16-13)14(18)17-8-9-19-12-4-2-1-3-5-12/h1-7,10H,8-9H2,(H,17,18). The number of para-hydroxylation sites is 1. The summed E-state index contributed by atoms with van der Waals surface area (Å²) in [4.78, 5) is 15.6. The third-order valence-electron chi connectivity index (χ3n) is 2.39. The van der Waals surface area contributed by atoms with Crippen LogP contribution in [0.25, 0.3) is 0 Å². The van der Waals surface area contributed by atoms with Crippen molar-refractivity contribution < 1.29 is 9.53 Å². The molecule has 0 fully saturated rings. The van der Waals surface area contributed by atoms with Crippen LogP contribution in [0, 0.1) is 0 Å². The molecule has 5 heteroatoms. The quantitative estimate of drug-likeness (QED) is 0.674. The third kappa shape index (κ3) is 4.26. The van der Waals surface area contributed by atoms with Gasteiger partial charge in [0.15, 0.2) is 0 Å². The number of carbonyl (C=O) groups excluding carboxylic acids is 1. The van der Waals surface area contributed by atoms with Crippen molar-refractivity contribution in [2.45, 2.75) is 0 Å². The smallest absolute Gasteiger partial charge is 0.251 e. The molecule has 0 aliphatic rings. The van der Waals surface area contributed by atoms with Gasteiger partial charge in [-0.15, -0.1) is 0 Å². The zero-order valence-electron chi connectivity index (χ0n) is 10.2. The molecule has 19 heavy (non-hydrogen) atoms. The van der Waals surface area contributed by atoms with Crippen LogP contribution >= 0.6 is 11.6 Å². The van der Waals surface area contributed by atoms with E-state index in [0.717, 1.165) is 5.75 Å². The number of hydrogen-bond acceptors (Lipinski definition) is 3. The Morgan fingerprint density at radius 1 is 1.26 bits per heavy atom. The van der Waals surface area contributed by atoms with Crippen LogP contribution in [0.2, 0.25) is 5.15 Å². The highest BCUT2D eigenvalue weighted by atomic mass is 35.5. The Balaban J connectivity index is 1.75. The number of amides is 1. The summed E-state index contributed by atoms with van der Waals surface area (Å²) in [5.74, 6) is 0.588. The summed E-state index contributed by atoms with van der Waals surface area (Å²) in [6, 6.07) is 12.6. The van der Waals surface area contributed by atoms with Gasteiger partial charge in [-0.05, 0) is 24.3 Å². The summed E-state index contributed by atoms with van der Waals surface area (Å²) in [5.41, 5.74) is 0.486. The summed E-state index contributed by atoms with van der Waals surface area (Å²) >= 11 is 5.71. The number of aromatic nitrogens is 1. The van der Waals surface area contributed by atoms with Gasteiger partial charge in [0.05, 0.1) is 6.54 Å². The van der Waals surface area contributed by atoms with Crippen LogP contribution in [-0.4, -0.2) is 24.0 Å². The Morgan fingerprint density at radius 3 is 2.79 bits per heavy atom. The SMILES string of the molecule is O=C(NCCOc1ccccc1)c1ccnc(Cl)c1. The lowest BCUT2D eigenvalue weighted by molar-refractivity contribution is 0.0947. The van der Waals surface area contributed by atoms with Crippen molar-refractivity contribution in [2.75, 3.05) is 13.2 Å². The molecule has 0 aliphatic heterocycles. The largest absolute Gasteiger partial charge is 0.492 e. The van der Waals surface area contributed by atoms with E-state index in [9.17, 15) is 4.79 Å². The molecule has 4 nitrogen and oxygen atoms in total. The monoisotopic (exact) mass is 276 g/mol. The maximum absolute atomic E-state index is 11.8. The van der Waals surface area contributed by atoms with Crippen LogP contribution < -0.4 is 10.1 Å². The van der Waals surface area contributed by atoms with Crippen molar-refractivity contribution in [3.63, 3.8) is 0 Å². The van der Waals surface area contributed by atoms with E-state index < -0.39 is 0 Å². The van der Waals surface area contributed by atoms with E-state index in [2.05, 4.69) is 10.3 Å². The summed E-state index contributed by atoms with van der Waals surface area (Å²) < 4.78 is 5.46. The molecule has 1 amide bonds. The summed E-state index contributed by atoms with van der Waals surface area (Å²) in [5, 5.41) is 3.05. The molecule has 0 spiro atoms. The van der Waals surface area contributed by atoms with Crippen LogP contribution in [0.4, 0.5) is 0 Å². The first kappa shape index (κ1) is 13.4. The summed E-state index contributed by atoms with van der Waals surface area (Å²) in [6.07, 6.45) is 1.50. The Hall–Kier alpha value is -2.07. The second kappa shape index (κ2) is 6.75. The third-order valence-corrected chi connectivity index (χ3v) is 2.60. The Kier molecular flexibility index (Phi) is 4.75. The van der Waals surface area contributed by atoms with E-state index in [0.29, 0.717) is 23.9 Å². The molecule has 0 aliphatic carbocycles. The van der Waals surface area contributed by atoms with Gasteiger partial charge >= 0.3 is 0 Å². The number of nitrogens with one attached hydrogen (secondary N) is 1. The normalized spacial score (nSPS) is 9.95. The molecule has 1 aromatic carbocycles. The Bertz CT molecular complexity index is 546. The highest BCUT2D eigenvalue weighted by Crippen LogP contribution is 2.08. The van der Waals surface area contributed by atoms with Crippen LogP contribution in [0.15, 0.2) is 48.7 Å². The lowest BCUT2D eigenvalue weighted by Gasteiger charge is -2.07. The maximum Gasteiger partial charge on any atom is 0.251 e. The van der Waals surface area contributed by atoms with Gasteiger partial charge in [0.2, 0.25) is 0 Å². The van der Waals surface area contributed by atoms with E-state index in [4.69, 9.17) is 16.3 Å². The van der Waals surface area contributed by atoms with Gasteiger partial charge in [0.1, 0.15) is 17.5 Å². The number of rotatable bonds is 5. The number of pyridine rings is 1. The van der Waals surface area contributed by atoms with Crippen LogP contribution in [0.1, 0.15) is 10.4 Å². The number of nitrogens with zero attached hydrogens (tertiary/aromatic N) is 1. The van der Waals surface area contributed by atoms with Crippen molar-refractivity contribution in [1.82, 2.24) is 10.3 Å². The predicted molar refractivity (Wildman–Crippen MR) is 73.5 cm³/mol. The van der Waals surface area contributed by atoms with Crippen LogP contribution in [0.5, 0.6) is 5.75 Å². The van der Waals surface area contributed by atoms with E-state index in [1.807, 2.05) is 30.3 Å². The first-order chi connectivity index (χ1) is 9.25. The van der Waals surface area contributed by atoms with Crippen LogP contribution in [-0.2, 0) is 0 Å². The molecule has 1 aromatic heterocycles. The van der Waals surface area contributed by atoms with E-state index in [1.165, 1.54) is 12.3 Å². The number of carbonyl (C=O) groups is 1. The lowest BCUT2D eigenvalue weighted by Crippen LogP contribution is -2.28. The minimum Gasteiger partial charge on any atom is -0.492 e. The highest BCUT2D eigenvalue weighted by Gasteiger charge is 2.05. The average Bonchev–Trinajstić information content (AvgIpc) is 2.44. The van der Waals surface area contributed by atoms with Crippen molar-refractivity contribution in [3.05, 3.63) is 59.4 Å². The topological polar surface area (TPSA) is 51.2 Å². The van der Waals surface area contributed by atoms with Gasteiger partial charge in [-0.25, -0.2) is 4.98 Å². The minimum atomic E-state index is -0.194. The van der Waals surface area contributed by atoms with Gasteiger partial charge in [-0.3, -0.25) is 4.79 Å². The Morgan fingerprint density at radius 2 is 2.05 bits per heavy atom. The fourth-order valence-corrected chi connectivity index (χ4v) is 1.67. The fourth-order valence-electron chi connectivity index (χ4n) is 1.50. The van der Waals surface area contributed by atoms with E-state index in [-0.39, 0.29) is 5.91 Å². The predicted octanol–water partition coefficient (Wildman–Crippen LogP) is 2.54. The van der Waals surface area contributed by atoms with Gasteiger partial charge in [-0.1, -0.05) is 29.8 Å². The van der Waals surface area contributed by atoms with Crippen molar-refractivity contribution >= 4 is 17.5 Å². The van der Waals surface area contributed by atoms with Gasteiger partial charge in [0.25, 0.3) is 5.91 Å². The zero-order chi connectivity index (χ0) is 13.5.